The zero-order valence-corrected chi connectivity index (χ0v) is 17.4. The second-order valence-corrected chi connectivity index (χ2v) is 7.67. The van der Waals surface area contributed by atoms with E-state index in [1.54, 1.807) is 0 Å². The number of aliphatic imine (C=N–C) groups is 1. The molecule has 0 aromatic heterocycles. The number of fused-ring (bicyclic) bond motifs is 3. The van der Waals surface area contributed by atoms with Crippen LogP contribution in [0.2, 0.25) is 0 Å². The zero-order valence-electron chi connectivity index (χ0n) is 16.6. The lowest BCUT2D eigenvalue weighted by Crippen LogP contribution is -2.41. The van der Waals surface area contributed by atoms with Gasteiger partial charge in [-0.3, -0.25) is 9.59 Å². The summed E-state index contributed by atoms with van der Waals surface area (Å²) in [7, 11) is 0. The maximum atomic E-state index is 13.1. The lowest BCUT2D eigenvalue weighted by Gasteiger charge is -2.29. The van der Waals surface area contributed by atoms with Crippen LogP contribution in [0.25, 0.3) is 0 Å². The van der Waals surface area contributed by atoms with Gasteiger partial charge in [0.05, 0.1) is 30.9 Å². The van der Waals surface area contributed by atoms with Crippen LogP contribution in [0.4, 0.5) is 0 Å². The summed E-state index contributed by atoms with van der Waals surface area (Å²) >= 11 is 5.36. The van der Waals surface area contributed by atoms with E-state index in [9.17, 15) is 9.59 Å². The van der Waals surface area contributed by atoms with Gasteiger partial charge in [-0.2, -0.15) is 0 Å². The van der Waals surface area contributed by atoms with Gasteiger partial charge >= 0.3 is 5.97 Å². The highest BCUT2D eigenvalue weighted by Crippen LogP contribution is 2.38. The molecule has 0 saturated carbocycles. The van der Waals surface area contributed by atoms with Gasteiger partial charge in [-0.1, -0.05) is 36.4 Å². The van der Waals surface area contributed by atoms with Crippen LogP contribution in [0.15, 0.2) is 53.5 Å². The number of nitrogens with zero attached hydrogens (tertiary/aromatic N) is 1. The van der Waals surface area contributed by atoms with E-state index in [0.717, 1.165) is 35.4 Å². The summed E-state index contributed by atoms with van der Waals surface area (Å²) in [6, 6.07) is 14.9. The topological polar surface area (TPSA) is 77.0 Å². The molecule has 2 unspecified atom stereocenters. The monoisotopic (exact) mass is 422 g/mol. The maximum Gasteiger partial charge on any atom is 0.302 e. The molecular formula is C23H22N2O4S. The quantitative estimate of drug-likeness (QED) is 0.417. The maximum absolute atomic E-state index is 13.1. The molecule has 6 nitrogen and oxygen atoms in total. The third-order valence-corrected chi connectivity index (χ3v) is 5.42. The number of ether oxygens (including phenoxy) is 2. The van der Waals surface area contributed by atoms with Crippen LogP contribution < -0.4 is 10.1 Å². The Kier molecular flexibility index (Phi) is 5.90. The number of rotatable bonds is 7. The van der Waals surface area contributed by atoms with E-state index in [1.807, 2.05) is 48.5 Å². The van der Waals surface area contributed by atoms with Crippen molar-refractivity contribution < 1.29 is 19.1 Å². The normalized spacial score (nSPS) is 19.4. The lowest BCUT2D eigenvalue weighted by atomic mass is 9.87. The molecule has 2 aromatic carbocycles. The summed E-state index contributed by atoms with van der Waals surface area (Å²) in [5, 5.41) is 3.59. The summed E-state index contributed by atoms with van der Waals surface area (Å²) in [5.74, 6) is 0.0991. The van der Waals surface area contributed by atoms with E-state index in [2.05, 4.69) is 10.3 Å². The fourth-order valence-electron chi connectivity index (χ4n) is 3.86. The SMILES string of the molecule is CC(=O)OCCCCOc1cccc(C2NC(=S)N=C3c4ccccc4C(=O)C32)c1. The highest BCUT2D eigenvalue weighted by molar-refractivity contribution is 7.80. The third kappa shape index (κ3) is 4.11. The predicted molar refractivity (Wildman–Crippen MR) is 117 cm³/mol. The van der Waals surface area contributed by atoms with Crippen LogP contribution >= 0.6 is 12.2 Å². The number of carbonyl (C=O) groups is 2. The molecule has 0 bridgehead atoms. The van der Waals surface area contributed by atoms with E-state index in [-0.39, 0.29) is 17.8 Å². The smallest absolute Gasteiger partial charge is 0.302 e. The van der Waals surface area contributed by atoms with E-state index >= 15 is 0 Å². The van der Waals surface area contributed by atoms with Gasteiger partial charge in [0, 0.05) is 18.1 Å². The molecule has 0 amide bonds. The van der Waals surface area contributed by atoms with Gasteiger partial charge < -0.3 is 14.8 Å². The number of Topliss-reactive ketones (excluding diaryl/α,β-unsaturated/α-hetero) is 1. The number of carbonyl (C=O) groups excluding carboxylic acids is 2. The van der Waals surface area contributed by atoms with E-state index in [1.165, 1.54) is 6.92 Å². The minimum Gasteiger partial charge on any atom is -0.494 e. The second-order valence-electron chi connectivity index (χ2n) is 7.28. The highest BCUT2D eigenvalue weighted by atomic mass is 32.1. The third-order valence-electron chi connectivity index (χ3n) is 5.21. The zero-order chi connectivity index (χ0) is 21.1. The van der Waals surface area contributed by atoms with Crippen LogP contribution in [-0.2, 0) is 9.53 Å². The average Bonchev–Trinajstić information content (AvgIpc) is 3.02. The Morgan fingerprint density at radius 2 is 1.87 bits per heavy atom. The fraction of sp³-hybridized carbons (Fsp3) is 0.304. The average molecular weight is 423 g/mol. The Labute approximate surface area is 180 Å². The van der Waals surface area contributed by atoms with E-state index < -0.39 is 5.92 Å². The van der Waals surface area contributed by atoms with Crippen molar-refractivity contribution in [3.63, 3.8) is 0 Å². The second kappa shape index (κ2) is 8.75. The molecule has 30 heavy (non-hydrogen) atoms. The number of esters is 1. The molecule has 4 rings (SSSR count). The number of hydrogen-bond donors (Lipinski definition) is 1. The first-order valence-electron chi connectivity index (χ1n) is 9.93. The van der Waals surface area contributed by atoms with Crippen molar-refractivity contribution in [2.24, 2.45) is 10.9 Å². The Morgan fingerprint density at radius 3 is 2.67 bits per heavy atom. The molecule has 2 aromatic rings. The number of ketones is 1. The molecular weight excluding hydrogens is 400 g/mol. The summed E-state index contributed by atoms with van der Waals surface area (Å²) in [4.78, 5) is 28.4. The Hall–Kier alpha value is -3.06. The Morgan fingerprint density at radius 1 is 1.10 bits per heavy atom. The van der Waals surface area contributed by atoms with Gasteiger partial charge in [0.1, 0.15) is 5.75 Å². The minimum absolute atomic E-state index is 0.0566. The number of benzene rings is 2. The number of hydrogen-bond acceptors (Lipinski definition) is 5. The van der Waals surface area contributed by atoms with Crippen LogP contribution in [0.3, 0.4) is 0 Å². The Balaban J connectivity index is 1.48. The predicted octanol–water partition coefficient (Wildman–Crippen LogP) is 3.64. The standard InChI is InChI=1S/C23H22N2O4S/c1-14(26)28-11-4-5-12-29-16-8-6-7-15(13-16)20-19-21(25-23(30)24-20)17-9-2-3-10-18(17)22(19)27/h2-3,6-10,13,19-20H,4-5,11-12H2,1H3,(H,24,30). The van der Waals surface area contributed by atoms with Gasteiger partial charge in [-0.25, -0.2) is 4.99 Å². The molecule has 1 N–H and O–H groups in total. The molecule has 7 heteroatoms. The van der Waals surface area contributed by atoms with Crippen LogP contribution in [0.5, 0.6) is 5.75 Å². The van der Waals surface area contributed by atoms with Crippen molar-refractivity contribution in [2.75, 3.05) is 13.2 Å². The van der Waals surface area contributed by atoms with Crippen molar-refractivity contribution in [2.45, 2.75) is 25.8 Å². The van der Waals surface area contributed by atoms with Gasteiger partial charge in [0.15, 0.2) is 10.9 Å². The molecule has 1 aliphatic carbocycles. The van der Waals surface area contributed by atoms with Crippen molar-refractivity contribution >= 4 is 34.8 Å². The van der Waals surface area contributed by atoms with Gasteiger partial charge in [0.25, 0.3) is 0 Å². The van der Waals surface area contributed by atoms with E-state index in [0.29, 0.717) is 23.9 Å². The summed E-state index contributed by atoms with van der Waals surface area (Å²) < 4.78 is 10.8. The van der Waals surface area contributed by atoms with Gasteiger partial charge in [-0.15, -0.1) is 0 Å². The molecule has 0 saturated heterocycles. The molecule has 2 atom stereocenters. The number of unbranched alkanes of at least 4 members (excludes halogenated alkanes) is 1. The molecule has 0 fully saturated rings. The van der Waals surface area contributed by atoms with Crippen molar-refractivity contribution in [1.29, 1.82) is 0 Å². The summed E-state index contributed by atoms with van der Waals surface area (Å²) in [6.07, 6.45) is 1.52. The summed E-state index contributed by atoms with van der Waals surface area (Å²) in [5.41, 5.74) is 3.22. The Bertz CT molecular complexity index is 1030. The number of nitrogens with one attached hydrogen (secondary N) is 1. The molecule has 154 valence electrons. The van der Waals surface area contributed by atoms with Crippen LogP contribution in [0, 0.1) is 5.92 Å². The fourth-order valence-corrected chi connectivity index (χ4v) is 4.09. The van der Waals surface area contributed by atoms with Crippen LogP contribution in [-0.4, -0.2) is 35.8 Å². The van der Waals surface area contributed by atoms with Gasteiger partial charge in [0.2, 0.25) is 0 Å². The molecule has 0 radical (unpaired) electrons. The molecule has 0 spiro atoms. The molecule has 1 heterocycles. The minimum atomic E-state index is -0.409. The van der Waals surface area contributed by atoms with E-state index in [4.69, 9.17) is 21.7 Å². The number of thiocarbonyl (C=S) groups is 1. The molecule has 2 aliphatic rings. The first-order valence-corrected chi connectivity index (χ1v) is 10.3. The van der Waals surface area contributed by atoms with Gasteiger partial charge in [-0.05, 0) is 42.8 Å². The van der Waals surface area contributed by atoms with Crippen molar-refractivity contribution in [1.82, 2.24) is 5.32 Å². The highest BCUT2D eigenvalue weighted by Gasteiger charge is 2.44. The summed E-state index contributed by atoms with van der Waals surface area (Å²) in [6.45, 7) is 2.31. The van der Waals surface area contributed by atoms with Crippen LogP contribution in [0.1, 0.15) is 47.3 Å². The first-order chi connectivity index (χ1) is 14.5. The molecule has 1 aliphatic heterocycles. The largest absolute Gasteiger partial charge is 0.494 e. The first kappa shape index (κ1) is 20.2. The van der Waals surface area contributed by atoms with Crippen molar-refractivity contribution in [3.8, 4) is 5.75 Å². The lowest BCUT2D eigenvalue weighted by molar-refractivity contribution is -0.141. The van der Waals surface area contributed by atoms with Crippen molar-refractivity contribution in [3.05, 3.63) is 65.2 Å².